The van der Waals surface area contributed by atoms with E-state index in [2.05, 4.69) is 0 Å². The molecule has 1 heterocycles. The zero-order valence-electron chi connectivity index (χ0n) is 10.9. The van der Waals surface area contributed by atoms with Gasteiger partial charge in [0.15, 0.2) is 11.5 Å². The van der Waals surface area contributed by atoms with E-state index in [9.17, 15) is 9.59 Å². The number of methoxy groups -OCH3 is 2. The van der Waals surface area contributed by atoms with Crippen LogP contribution in [0.1, 0.15) is 6.42 Å². The van der Waals surface area contributed by atoms with Crippen molar-refractivity contribution in [1.29, 1.82) is 0 Å². The Morgan fingerprint density at radius 2 is 2.11 bits per heavy atom. The van der Waals surface area contributed by atoms with Crippen molar-refractivity contribution in [2.45, 2.75) is 6.42 Å². The highest BCUT2D eigenvalue weighted by molar-refractivity contribution is 6.01. The standard InChI is InChI=1S/C13H16N2O4/c1-18-10-5-3-4-9(12(10)19-2)15-7-8(13(14)17)6-11(15)16/h3-5,8H,6-7H2,1-2H3,(H2,14,17). The van der Waals surface area contributed by atoms with Crippen LogP contribution < -0.4 is 20.1 Å². The van der Waals surface area contributed by atoms with Crippen molar-refractivity contribution in [3.63, 3.8) is 0 Å². The molecule has 0 radical (unpaired) electrons. The number of nitrogens with zero attached hydrogens (tertiary/aromatic N) is 1. The highest BCUT2D eigenvalue weighted by atomic mass is 16.5. The van der Waals surface area contributed by atoms with Gasteiger partial charge in [-0.25, -0.2) is 0 Å². The Kier molecular flexibility index (Phi) is 3.59. The highest BCUT2D eigenvalue weighted by Gasteiger charge is 2.35. The van der Waals surface area contributed by atoms with Gasteiger partial charge in [-0.05, 0) is 12.1 Å². The number of para-hydroxylation sites is 1. The Labute approximate surface area is 111 Å². The highest BCUT2D eigenvalue weighted by Crippen LogP contribution is 2.39. The monoisotopic (exact) mass is 264 g/mol. The number of carbonyl (C=O) groups excluding carboxylic acids is 2. The summed E-state index contributed by atoms with van der Waals surface area (Å²) < 4.78 is 10.5. The quantitative estimate of drug-likeness (QED) is 0.860. The minimum Gasteiger partial charge on any atom is -0.493 e. The molecule has 1 aliphatic heterocycles. The SMILES string of the molecule is COc1cccc(N2CC(C(N)=O)CC2=O)c1OC. The zero-order chi connectivity index (χ0) is 14.0. The molecule has 2 N–H and O–H groups in total. The molecule has 0 saturated carbocycles. The molecule has 0 bridgehead atoms. The molecule has 1 saturated heterocycles. The molecule has 1 fully saturated rings. The van der Waals surface area contributed by atoms with Crippen LogP contribution in [0.15, 0.2) is 18.2 Å². The maximum atomic E-state index is 12.0. The van der Waals surface area contributed by atoms with E-state index in [4.69, 9.17) is 15.2 Å². The molecule has 0 aromatic heterocycles. The van der Waals surface area contributed by atoms with Gasteiger partial charge in [-0.15, -0.1) is 0 Å². The Bertz CT molecular complexity index is 515. The number of amides is 2. The molecule has 0 aliphatic carbocycles. The summed E-state index contributed by atoms with van der Waals surface area (Å²) in [4.78, 5) is 24.7. The maximum absolute atomic E-state index is 12.0. The number of ether oxygens (including phenoxy) is 2. The van der Waals surface area contributed by atoms with Gasteiger partial charge in [-0.1, -0.05) is 6.07 Å². The number of anilines is 1. The second-order valence-electron chi connectivity index (χ2n) is 4.32. The maximum Gasteiger partial charge on any atom is 0.227 e. The molecular formula is C13H16N2O4. The van der Waals surface area contributed by atoms with Gasteiger partial charge in [0, 0.05) is 13.0 Å². The first-order valence-electron chi connectivity index (χ1n) is 5.89. The molecule has 0 spiro atoms. The summed E-state index contributed by atoms with van der Waals surface area (Å²) in [5, 5.41) is 0. The lowest BCUT2D eigenvalue weighted by Crippen LogP contribution is -2.28. The van der Waals surface area contributed by atoms with Crippen molar-refractivity contribution in [2.24, 2.45) is 11.7 Å². The van der Waals surface area contributed by atoms with E-state index in [1.54, 1.807) is 18.2 Å². The lowest BCUT2D eigenvalue weighted by molar-refractivity contribution is -0.123. The molecule has 102 valence electrons. The van der Waals surface area contributed by atoms with Gasteiger partial charge < -0.3 is 20.1 Å². The van der Waals surface area contributed by atoms with Crippen LogP contribution >= 0.6 is 0 Å². The Hall–Kier alpha value is -2.24. The number of carbonyl (C=O) groups is 2. The van der Waals surface area contributed by atoms with E-state index >= 15 is 0 Å². The van der Waals surface area contributed by atoms with Crippen LogP contribution in [0.2, 0.25) is 0 Å². The van der Waals surface area contributed by atoms with Crippen LogP contribution in [0, 0.1) is 5.92 Å². The molecule has 2 amide bonds. The van der Waals surface area contributed by atoms with Gasteiger partial charge in [-0.3, -0.25) is 9.59 Å². The molecule has 2 rings (SSSR count). The second-order valence-corrected chi connectivity index (χ2v) is 4.32. The molecule has 6 nitrogen and oxygen atoms in total. The van der Waals surface area contributed by atoms with Crippen LogP contribution in [-0.4, -0.2) is 32.6 Å². The molecule has 1 aromatic rings. The third-order valence-corrected chi connectivity index (χ3v) is 3.20. The zero-order valence-corrected chi connectivity index (χ0v) is 10.9. The average Bonchev–Trinajstić information content (AvgIpc) is 2.79. The van der Waals surface area contributed by atoms with E-state index in [-0.39, 0.29) is 18.9 Å². The summed E-state index contributed by atoms with van der Waals surface area (Å²) in [6.45, 7) is 0.275. The van der Waals surface area contributed by atoms with Crippen molar-refractivity contribution in [3.05, 3.63) is 18.2 Å². The summed E-state index contributed by atoms with van der Waals surface area (Å²) >= 11 is 0. The van der Waals surface area contributed by atoms with Crippen molar-refractivity contribution < 1.29 is 19.1 Å². The summed E-state index contributed by atoms with van der Waals surface area (Å²) in [7, 11) is 3.03. The summed E-state index contributed by atoms with van der Waals surface area (Å²) in [5.74, 6) is -0.0460. The molecule has 1 aromatic carbocycles. The number of primary amides is 1. The molecule has 1 aliphatic rings. The van der Waals surface area contributed by atoms with Crippen LogP contribution in [0.4, 0.5) is 5.69 Å². The first-order chi connectivity index (χ1) is 9.08. The third kappa shape index (κ3) is 2.33. The van der Waals surface area contributed by atoms with Gasteiger partial charge in [0.1, 0.15) is 0 Å². The molecule has 1 unspecified atom stereocenters. The minimum absolute atomic E-state index is 0.135. The summed E-state index contributed by atoms with van der Waals surface area (Å²) in [6.07, 6.45) is 0.135. The van der Waals surface area contributed by atoms with Crippen molar-refractivity contribution in [2.75, 3.05) is 25.7 Å². The normalized spacial score (nSPS) is 18.5. The predicted molar refractivity (Wildman–Crippen MR) is 69.2 cm³/mol. The van der Waals surface area contributed by atoms with Crippen LogP contribution in [0.3, 0.4) is 0 Å². The van der Waals surface area contributed by atoms with E-state index < -0.39 is 11.8 Å². The lowest BCUT2D eigenvalue weighted by Gasteiger charge is -2.20. The van der Waals surface area contributed by atoms with Crippen LogP contribution in [-0.2, 0) is 9.59 Å². The summed E-state index contributed by atoms with van der Waals surface area (Å²) in [6, 6.07) is 5.26. The van der Waals surface area contributed by atoms with Crippen molar-refractivity contribution in [1.82, 2.24) is 0 Å². The number of nitrogens with two attached hydrogens (primary N) is 1. The van der Waals surface area contributed by atoms with Crippen molar-refractivity contribution >= 4 is 17.5 Å². The fourth-order valence-electron chi connectivity index (χ4n) is 2.21. The first kappa shape index (κ1) is 13.2. The largest absolute Gasteiger partial charge is 0.493 e. The topological polar surface area (TPSA) is 81.9 Å². The van der Waals surface area contributed by atoms with Gasteiger partial charge >= 0.3 is 0 Å². The van der Waals surface area contributed by atoms with Gasteiger partial charge in [0.05, 0.1) is 25.8 Å². The van der Waals surface area contributed by atoms with Crippen molar-refractivity contribution in [3.8, 4) is 11.5 Å². The molecular weight excluding hydrogens is 248 g/mol. The first-order valence-corrected chi connectivity index (χ1v) is 5.89. The predicted octanol–water partition coefficient (Wildman–Crippen LogP) is 0.542. The fourth-order valence-corrected chi connectivity index (χ4v) is 2.21. The summed E-state index contributed by atoms with van der Waals surface area (Å²) in [5.41, 5.74) is 5.85. The average molecular weight is 264 g/mol. The van der Waals surface area contributed by atoms with E-state index in [1.807, 2.05) is 0 Å². The van der Waals surface area contributed by atoms with E-state index in [0.717, 1.165) is 0 Å². The van der Waals surface area contributed by atoms with Gasteiger partial charge in [0.25, 0.3) is 0 Å². The number of benzene rings is 1. The van der Waals surface area contributed by atoms with Gasteiger partial charge in [0.2, 0.25) is 11.8 Å². The Morgan fingerprint density at radius 1 is 1.37 bits per heavy atom. The fraction of sp³-hybridized carbons (Fsp3) is 0.385. The van der Waals surface area contributed by atoms with E-state index in [0.29, 0.717) is 17.2 Å². The molecule has 19 heavy (non-hydrogen) atoms. The smallest absolute Gasteiger partial charge is 0.227 e. The van der Waals surface area contributed by atoms with Crippen LogP contribution in [0.5, 0.6) is 11.5 Å². The third-order valence-electron chi connectivity index (χ3n) is 3.20. The van der Waals surface area contributed by atoms with Crippen LogP contribution in [0.25, 0.3) is 0 Å². The number of hydrogen-bond acceptors (Lipinski definition) is 4. The second kappa shape index (κ2) is 5.17. The Balaban J connectivity index is 2.37. The lowest BCUT2D eigenvalue weighted by atomic mass is 10.1. The van der Waals surface area contributed by atoms with E-state index in [1.165, 1.54) is 19.1 Å². The molecule has 6 heteroatoms. The number of hydrogen-bond donors (Lipinski definition) is 1. The Morgan fingerprint density at radius 3 is 2.63 bits per heavy atom. The minimum atomic E-state index is -0.460. The van der Waals surface area contributed by atoms with Gasteiger partial charge in [-0.2, -0.15) is 0 Å². The number of rotatable bonds is 4. The molecule has 1 atom stereocenters.